The number of amides is 1. The molecule has 0 aromatic rings. The third-order valence-electron chi connectivity index (χ3n) is 2.68. The monoisotopic (exact) mass is 243 g/mol. The van der Waals surface area contributed by atoms with Crippen molar-refractivity contribution < 1.29 is 4.79 Å². The van der Waals surface area contributed by atoms with Gasteiger partial charge in [-0.15, -0.1) is 0 Å². The van der Waals surface area contributed by atoms with E-state index in [2.05, 4.69) is 26.6 Å². The van der Waals surface area contributed by atoms with Gasteiger partial charge in [-0.25, -0.2) is 0 Å². The van der Waals surface area contributed by atoms with E-state index in [1.165, 1.54) is 0 Å². The minimum atomic E-state index is 0.0257. The summed E-state index contributed by atoms with van der Waals surface area (Å²) >= 11 is 0. The normalized spacial score (nSPS) is 24.4. The molecular weight excluding hydrogens is 218 g/mol. The molecule has 0 radical (unpaired) electrons. The highest BCUT2D eigenvalue weighted by Crippen LogP contribution is 1.81. The maximum atomic E-state index is 10.9. The lowest BCUT2D eigenvalue weighted by atomic mass is 10.2. The molecule has 0 spiro atoms. The predicted octanol–water partition coefficient (Wildman–Crippen LogP) is -2.14. The summed E-state index contributed by atoms with van der Waals surface area (Å²) in [5, 5.41) is 16.4. The van der Waals surface area contributed by atoms with Gasteiger partial charge in [-0.3, -0.25) is 4.79 Å². The van der Waals surface area contributed by atoms with Crippen molar-refractivity contribution in [3.05, 3.63) is 0 Å². The second-order valence-electron chi connectivity index (χ2n) is 4.29. The van der Waals surface area contributed by atoms with Crippen LogP contribution in [0.25, 0.3) is 0 Å². The van der Waals surface area contributed by atoms with E-state index in [4.69, 9.17) is 0 Å². The van der Waals surface area contributed by atoms with Gasteiger partial charge in [-0.1, -0.05) is 0 Å². The van der Waals surface area contributed by atoms with Crippen molar-refractivity contribution in [2.75, 3.05) is 52.4 Å². The lowest BCUT2D eigenvalue weighted by molar-refractivity contribution is -0.119. The molecule has 1 heterocycles. The maximum absolute atomic E-state index is 10.9. The second-order valence-corrected chi connectivity index (χ2v) is 4.29. The fourth-order valence-electron chi connectivity index (χ4n) is 1.73. The van der Waals surface area contributed by atoms with E-state index in [0.29, 0.717) is 12.6 Å². The first kappa shape index (κ1) is 14.4. The molecular formula is C11H25N5O. The molecule has 1 amide bonds. The van der Waals surface area contributed by atoms with Crippen molar-refractivity contribution in [1.82, 2.24) is 26.6 Å². The van der Waals surface area contributed by atoms with Gasteiger partial charge in [0.15, 0.2) is 0 Å². The quantitative estimate of drug-likeness (QED) is 0.383. The molecule has 6 heteroatoms. The topological polar surface area (TPSA) is 77.2 Å². The molecule has 1 saturated heterocycles. The SMILES string of the molecule is CC(=O)NCC1CNCCNCCNCCN1. The molecule has 0 aromatic heterocycles. The Bertz CT molecular complexity index is 200. The summed E-state index contributed by atoms with van der Waals surface area (Å²) in [5.74, 6) is 0.0257. The van der Waals surface area contributed by atoms with Crippen molar-refractivity contribution in [3.8, 4) is 0 Å². The lowest BCUT2D eigenvalue weighted by Crippen LogP contribution is -2.49. The fraction of sp³-hybridized carbons (Fsp3) is 0.909. The molecule has 0 aromatic carbocycles. The van der Waals surface area contributed by atoms with Crippen LogP contribution in [0.3, 0.4) is 0 Å². The number of hydrogen-bond acceptors (Lipinski definition) is 5. The average Bonchev–Trinajstić information content (AvgIpc) is 2.28. The molecule has 1 unspecified atom stereocenters. The van der Waals surface area contributed by atoms with E-state index in [0.717, 1.165) is 45.8 Å². The zero-order valence-corrected chi connectivity index (χ0v) is 10.6. The molecule has 17 heavy (non-hydrogen) atoms. The van der Waals surface area contributed by atoms with E-state index < -0.39 is 0 Å². The minimum Gasteiger partial charge on any atom is -0.355 e. The smallest absolute Gasteiger partial charge is 0.216 e. The Morgan fingerprint density at radius 2 is 1.65 bits per heavy atom. The number of carbonyl (C=O) groups is 1. The molecule has 1 aliphatic rings. The molecule has 5 N–H and O–H groups in total. The van der Waals surface area contributed by atoms with E-state index in [-0.39, 0.29) is 5.91 Å². The van der Waals surface area contributed by atoms with Crippen LogP contribution in [-0.4, -0.2) is 64.3 Å². The van der Waals surface area contributed by atoms with Crippen molar-refractivity contribution in [2.24, 2.45) is 0 Å². The Morgan fingerprint density at radius 3 is 2.29 bits per heavy atom. The minimum absolute atomic E-state index is 0.0257. The first-order valence-corrected chi connectivity index (χ1v) is 6.39. The zero-order chi connectivity index (χ0) is 12.3. The van der Waals surface area contributed by atoms with E-state index in [1.54, 1.807) is 6.92 Å². The molecule has 1 fully saturated rings. The summed E-state index contributed by atoms with van der Waals surface area (Å²) in [6, 6.07) is 0.292. The molecule has 0 bridgehead atoms. The number of nitrogens with one attached hydrogen (secondary N) is 5. The highest BCUT2D eigenvalue weighted by Gasteiger charge is 2.08. The largest absolute Gasteiger partial charge is 0.355 e. The summed E-state index contributed by atoms with van der Waals surface area (Å²) in [5.41, 5.74) is 0. The first-order valence-electron chi connectivity index (χ1n) is 6.39. The van der Waals surface area contributed by atoms with Crippen LogP contribution in [0.4, 0.5) is 0 Å². The Morgan fingerprint density at radius 1 is 1.06 bits per heavy atom. The standard InChI is InChI=1S/C11H25N5O/c1-10(17)16-9-11-8-14-5-4-12-2-3-13-6-7-15-11/h11-15H,2-9H2,1H3,(H,16,17). The molecule has 6 nitrogen and oxygen atoms in total. The van der Waals surface area contributed by atoms with E-state index in [1.807, 2.05) is 0 Å². The molecule has 1 aliphatic heterocycles. The summed E-state index contributed by atoms with van der Waals surface area (Å²) in [6.45, 7) is 8.93. The zero-order valence-electron chi connectivity index (χ0n) is 10.6. The Kier molecular flexibility index (Phi) is 7.91. The number of rotatable bonds is 2. The average molecular weight is 243 g/mol. The van der Waals surface area contributed by atoms with Gasteiger partial charge in [0, 0.05) is 65.3 Å². The molecule has 1 atom stereocenters. The van der Waals surface area contributed by atoms with Gasteiger partial charge in [-0.05, 0) is 0 Å². The van der Waals surface area contributed by atoms with Crippen LogP contribution in [0.1, 0.15) is 6.92 Å². The van der Waals surface area contributed by atoms with Gasteiger partial charge in [0.05, 0.1) is 0 Å². The molecule has 0 aliphatic carbocycles. The molecule has 1 rings (SSSR count). The second kappa shape index (κ2) is 9.35. The summed E-state index contributed by atoms with van der Waals surface area (Å²) in [6.07, 6.45) is 0. The van der Waals surface area contributed by atoms with Crippen molar-refractivity contribution in [3.63, 3.8) is 0 Å². The van der Waals surface area contributed by atoms with Crippen molar-refractivity contribution >= 4 is 5.91 Å². The van der Waals surface area contributed by atoms with Crippen LogP contribution in [0.5, 0.6) is 0 Å². The van der Waals surface area contributed by atoms with Crippen LogP contribution in [0.15, 0.2) is 0 Å². The van der Waals surface area contributed by atoms with Gasteiger partial charge in [0.2, 0.25) is 5.91 Å². The van der Waals surface area contributed by atoms with Gasteiger partial charge in [0.25, 0.3) is 0 Å². The van der Waals surface area contributed by atoms with Crippen LogP contribution in [-0.2, 0) is 4.79 Å². The van der Waals surface area contributed by atoms with Crippen molar-refractivity contribution in [2.45, 2.75) is 13.0 Å². The highest BCUT2D eigenvalue weighted by atomic mass is 16.1. The predicted molar refractivity (Wildman–Crippen MR) is 69.1 cm³/mol. The Hall–Kier alpha value is -0.690. The van der Waals surface area contributed by atoms with Crippen molar-refractivity contribution in [1.29, 1.82) is 0 Å². The maximum Gasteiger partial charge on any atom is 0.216 e. The van der Waals surface area contributed by atoms with Crippen LogP contribution < -0.4 is 26.6 Å². The van der Waals surface area contributed by atoms with Gasteiger partial charge >= 0.3 is 0 Å². The van der Waals surface area contributed by atoms with Gasteiger partial charge in [-0.2, -0.15) is 0 Å². The fourth-order valence-corrected chi connectivity index (χ4v) is 1.73. The summed E-state index contributed by atoms with van der Waals surface area (Å²) < 4.78 is 0. The highest BCUT2D eigenvalue weighted by molar-refractivity contribution is 5.72. The van der Waals surface area contributed by atoms with E-state index in [9.17, 15) is 4.79 Å². The summed E-state index contributed by atoms with van der Waals surface area (Å²) in [7, 11) is 0. The third kappa shape index (κ3) is 8.09. The Balaban J connectivity index is 2.24. The number of hydrogen-bond donors (Lipinski definition) is 5. The third-order valence-corrected chi connectivity index (χ3v) is 2.68. The first-order chi connectivity index (χ1) is 8.29. The molecule has 0 saturated carbocycles. The van der Waals surface area contributed by atoms with Crippen LogP contribution >= 0.6 is 0 Å². The lowest BCUT2D eigenvalue weighted by Gasteiger charge is -2.21. The summed E-state index contributed by atoms with van der Waals surface area (Å²) in [4.78, 5) is 10.9. The number of carbonyl (C=O) groups excluding carboxylic acids is 1. The van der Waals surface area contributed by atoms with E-state index >= 15 is 0 Å². The van der Waals surface area contributed by atoms with Crippen LogP contribution in [0, 0.1) is 0 Å². The van der Waals surface area contributed by atoms with Gasteiger partial charge in [0.1, 0.15) is 0 Å². The Labute approximate surface area is 103 Å². The van der Waals surface area contributed by atoms with Gasteiger partial charge < -0.3 is 26.6 Å². The van der Waals surface area contributed by atoms with Crippen LogP contribution in [0.2, 0.25) is 0 Å². The molecule has 100 valence electrons.